The van der Waals surface area contributed by atoms with E-state index in [1.54, 1.807) is 12.5 Å². The molecule has 1 aromatic heterocycles. The highest BCUT2D eigenvalue weighted by atomic mass is 16.5. The van der Waals surface area contributed by atoms with Crippen LogP contribution in [0.4, 0.5) is 0 Å². The summed E-state index contributed by atoms with van der Waals surface area (Å²) in [6.45, 7) is 4.86. The lowest BCUT2D eigenvalue weighted by Gasteiger charge is -2.19. The maximum atomic E-state index is 12.6. The van der Waals surface area contributed by atoms with E-state index < -0.39 is 0 Å². The van der Waals surface area contributed by atoms with Crippen molar-refractivity contribution in [2.24, 2.45) is 0 Å². The standard InChI is InChI=1S/C19H22N2O3/c22-19(21-6-1-2-7-21)16-3-4-18-17(11-16)13-20(8-10-24-18)12-15-5-9-23-14-15/h3-5,9,11,14H,1-2,6-8,10,12-13H2. The third-order valence-corrected chi connectivity index (χ3v) is 4.75. The number of fused-ring (bicyclic) bond motifs is 1. The molecule has 1 fully saturated rings. The average molecular weight is 326 g/mol. The van der Waals surface area contributed by atoms with E-state index in [0.29, 0.717) is 6.61 Å². The second-order valence-electron chi connectivity index (χ2n) is 6.51. The van der Waals surface area contributed by atoms with E-state index in [0.717, 1.165) is 68.0 Å². The Kier molecular flexibility index (Phi) is 4.26. The van der Waals surface area contributed by atoms with Gasteiger partial charge in [0.05, 0.1) is 12.5 Å². The summed E-state index contributed by atoms with van der Waals surface area (Å²) in [6.07, 6.45) is 5.70. The number of amides is 1. The number of furan rings is 1. The maximum Gasteiger partial charge on any atom is 0.253 e. The molecule has 0 atom stereocenters. The van der Waals surface area contributed by atoms with E-state index >= 15 is 0 Å². The van der Waals surface area contributed by atoms with Crippen molar-refractivity contribution < 1.29 is 13.9 Å². The molecule has 24 heavy (non-hydrogen) atoms. The molecule has 0 radical (unpaired) electrons. The van der Waals surface area contributed by atoms with Gasteiger partial charge < -0.3 is 14.1 Å². The first-order valence-electron chi connectivity index (χ1n) is 8.58. The Balaban J connectivity index is 1.53. The number of rotatable bonds is 3. The normalized spacial score (nSPS) is 18.1. The Morgan fingerprint density at radius 2 is 2.00 bits per heavy atom. The molecule has 126 valence electrons. The minimum atomic E-state index is 0.140. The Labute approximate surface area is 141 Å². The van der Waals surface area contributed by atoms with Crippen LogP contribution in [0.3, 0.4) is 0 Å². The van der Waals surface area contributed by atoms with Crippen LogP contribution >= 0.6 is 0 Å². The van der Waals surface area contributed by atoms with E-state index in [1.807, 2.05) is 29.2 Å². The van der Waals surface area contributed by atoms with Crippen LogP contribution < -0.4 is 4.74 Å². The number of hydrogen-bond donors (Lipinski definition) is 0. The van der Waals surface area contributed by atoms with Gasteiger partial charge in [-0.25, -0.2) is 0 Å². The number of benzene rings is 1. The van der Waals surface area contributed by atoms with Crippen LogP contribution in [-0.2, 0) is 13.1 Å². The summed E-state index contributed by atoms with van der Waals surface area (Å²) in [5, 5.41) is 0. The molecule has 2 aliphatic heterocycles. The van der Waals surface area contributed by atoms with Gasteiger partial charge in [-0.15, -0.1) is 0 Å². The van der Waals surface area contributed by atoms with Gasteiger partial charge in [0.25, 0.3) is 5.91 Å². The monoisotopic (exact) mass is 326 g/mol. The van der Waals surface area contributed by atoms with E-state index in [4.69, 9.17) is 9.15 Å². The molecular formula is C19H22N2O3. The zero-order chi connectivity index (χ0) is 16.4. The van der Waals surface area contributed by atoms with Gasteiger partial charge in [0.15, 0.2) is 0 Å². The molecule has 0 saturated carbocycles. The van der Waals surface area contributed by atoms with Gasteiger partial charge >= 0.3 is 0 Å². The molecule has 2 aromatic rings. The molecular weight excluding hydrogens is 304 g/mol. The number of carbonyl (C=O) groups excluding carboxylic acids is 1. The molecule has 0 N–H and O–H groups in total. The summed E-state index contributed by atoms with van der Waals surface area (Å²) in [6, 6.07) is 7.83. The molecule has 0 aliphatic carbocycles. The van der Waals surface area contributed by atoms with Crippen LogP contribution in [0, 0.1) is 0 Å². The zero-order valence-corrected chi connectivity index (χ0v) is 13.7. The molecule has 0 spiro atoms. The van der Waals surface area contributed by atoms with Gasteiger partial charge in [0.2, 0.25) is 0 Å². The van der Waals surface area contributed by atoms with Gasteiger partial charge in [-0.2, -0.15) is 0 Å². The van der Waals surface area contributed by atoms with Crippen LogP contribution in [-0.4, -0.2) is 41.9 Å². The van der Waals surface area contributed by atoms with Crippen LogP contribution in [0.5, 0.6) is 5.75 Å². The SMILES string of the molecule is O=C(c1ccc2c(c1)CN(Cc1ccoc1)CCO2)N1CCCC1. The molecule has 1 amide bonds. The minimum Gasteiger partial charge on any atom is -0.492 e. The minimum absolute atomic E-state index is 0.140. The summed E-state index contributed by atoms with van der Waals surface area (Å²) >= 11 is 0. The average Bonchev–Trinajstić information content (AvgIpc) is 3.25. The van der Waals surface area contributed by atoms with Gasteiger partial charge in [0.1, 0.15) is 12.4 Å². The Bertz CT molecular complexity index is 705. The van der Waals surface area contributed by atoms with Crippen molar-refractivity contribution in [1.82, 2.24) is 9.80 Å². The first-order chi connectivity index (χ1) is 11.8. The number of hydrogen-bond acceptors (Lipinski definition) is 4. The van der Waals surface area contributed by atoms with Crippen molar-refractivity contribution in [3.8, 4) is 5.75 Å². The first kappa shape index (κ1) is 15.3. The predicted octanol–water partition coefficient (Wildman–Crippen LogP) is 2.91. The fourth-order valence-electron chi connectivity index (χ4n) is 3.46. The fourth-order valence-corrected chi connectivity index (χ4v) is 3.46. The molecule has 5 heteroatoms. The zero-order valence-electron chi connectivity index (χ0n) is 13.7. The van der Waals surface area contributed by atoms with Crippen molar-refractivity contribution in [3.63, 3.8) is 0 Å². The summed E-state index contributed by atoms with van der Waals surface area (Å²) in [7, 11) is 0. The van der Waals surface area contributed by atoms with Gasteiger partial charge in [-0.05, 0) is 37.1 Å². The van der Waals surface area contributed by atoms with E-state index in [2.05, 4.69) is 4.90 Å². The lowest BCUT2D eigenvalue weighted by Crippen LogP contribution is -2.28. The molecule has 5 nitrogen and oxygen atoms in total. The quantitative estimate of drug-likeness (QED) is 0.870. The number of nitrogens with zero attached hydrogens (tertiary/aromatic N) is 2. The molecule has 3 heterocycles. The largest absolute Gasteiger partial charge is 0.492 e. The third-order valence-electron chi connectivity index (χ3n) is 4.75. The second-order valence-corrected chi connectivity index (χ2v) is 6.51. The van der Waals surface area contributed by atoms with E-state index in [1.165, 1.54) is 0 Å². The van der Waals surface area contributed by atoms with Crippen LogP contribution in [0.1, 0.15) is 34.3 Å². The molecule has 4 rings (SSSR count). The second kappa shape index (κ2) is 6.69. The van der Waals surface area contributed by atoms with Crippen LogP contribution in [0.2, 0.25) is 0 Å². The Morgan fingerprint density at radius 3 is 2.79 bits per heavy atom. The highest BCUT2D eigenvalue weighted by molar-refractivity contribution is 5.94. The maximum absolute atomic E-state index is 12.6. The summed E-state index contributed by atoms with van der Waals surface area (Å²) in [4.78, 5) is 16.9. The van der Waals surface area contributed by atoms with Gasteiger partial charge in [-0.3, -0.25) is 9.69 Å². The molecule has 0 unspecified atom stereocenters. The van der Waals surface area contributed by atoms with Gasteiger partial charge in [0, 0.05) is 49.4 Å². The predicted molar refractivity (Wildman–Crippen MR) is 89.9 cm³/mol. The lowest BCUT2D eigenvalue weighted by atomic mass is 10.1. The van der Waals surface area contributed by atoms with Gasteiger partial charge in [-0.1, -0.05) is 0 Å². The first-order valence-corrected chi connectivity index (χ1v) is 8.58. The Morgan fingerprint density at radius 1 is 1.12 bits per heavy atom. The number of ether oxygens (including phenoxy) is 1. The van der Waals surface area contributed by atoms with E-state index in [9.17, 15) is 4.79 Å². The lowest BCUT2D eigenvalue weighted by molar-refractivity contribution is 0.0792. The van der Waals surface area contributed by atoms with Crippen molar-refractivity contribution in [2.75, 3.05) is 26.2 Å². The smallest absolute Gasteiger partial charge is 0.253 e. The molecule has 1 saturated heterocycles. The summed E-state index contributed by atoms with van der Waals surface area (Å²) in [5.74, 6) is 1.03. The summed E-state index contributed by atoms with van der Waals surface area (Å²) < 4.78 is 11.0. The number of likely N-dealkylation sites (tertiary alicyclic amines) is 1. The third kappa shape index (κ3) is 3.17. The van der Waals surface area contributed by atoms with Crippen molar-refractivity contribution >= 4 is 5.91 Å². The van der Waals surface area contributed by atoms with Crippen molar-refractivity contribution in [1.29, 1.82) is 0 Å². The topological polar surface area (TPSA) is 45.9 Å². The van der Waals surface area contributed by atoms with Crippen LogP contribution in [0.15, 0.2) is 41.2 Å². The number of carbonyl (C=O) groups is 1. The van der Waals surface area contributed by atoms with E-state index in [-0.39, 0.29) is 5.91 Å². The Hall–Kier alpha value is -2.27. The summed E-state index contributed by atoms with van der Waals surface area (Å²) in [5.41, 5.74) is 3.01. The van der Waals surface area contributed by atoms with Crippen molar-refractivity contribution in [3.05, 3.63) is 53.5 Å². The highest BCUT2D eigenvalue weighted by Crippen LogP contribution is 2.26. The highest BCUT2D eigenvalue weighted by Gasteiger charge is 2.22. The molecule has 2 aliphatic rings. The fraction of sp³-hybridized carbons (Fsp3) is 0.421. The molecule has 1 aromatic carbocycles. The van der Waals surface area contributed by atoms with Crippen molar-refractivity contribution in [2.45, 2.75) is 25.9 Å². The van der Waals surface area contributed by atoms with Crippen LogP contribution in [0.25, 0.3) is 0 Å². The molecule has 0 bridgehead atoms.